The van der Waals surface area contributed by atoms with Crippen LogP contribution in [0, 0.1) is 0 Å². The molecule has 5 heteroatoms. The third-order valence-corrected chi connectivity index (χ3v) is 2.35. The molecule has 0 aliphatic carbocycles. The molecule has 0 fully saturated rings. The maximum Gasteiger partial charge on any atom is 0.112 e. The molecule has 1 unspecified atom stereocenters. The van der Waals surface area contributed by atoms with Gasteiger partial charge in [0, 0.05) is 20.7 Å². The number of hydrogen-bond donors (Lipinski definition) is 1. The van der Waals surface area contributed by atoms with E-state index in [2.05, 4.69) is 21.0 Å². The smallest absolute Gasteiger partial charge is 0.112 e. The van der Waals surface area contributed by atoms with Crippen molar-refractivity contribution in [3.05, 3.63) is 16.4 Å². The average molecular weight is 234 g/mol. The van der Waals surface area contributed by atoms with E-state index in [4.69, 9.17) is 10.5 Å². The molecule has 0 aromatic carbocycles. The van der Waals surface area contributed by atoms with E-state index in [1.165, 1.54) is 0 Å². The van der Waals surface area contributed by atoms with Crippen LogP contribution in [0.1, 0.15) is 11.8 Å². The highest BCUT2D eigenvalue weighted by atomic mass is 79.9. The third-order valence-electron chi connectivity index (χ3n) is 1.74. The van der Waals surface area contributed by atoms with Gasteiger partial charge < -0.3 is 10.5 Å². The molecule has 2 N–H and O–H groups in total. The zero-order valence-electron chi connectivity index (χ0n) is 7.12. The number of nitrogens with zero attached hydrogens (tertiary/aromatic N) is 2. The molecule has 1 aromatic heterocycles. The number of rotatable bonds is 3. The summed E-state index contributed by atoms with van der Waals surface area (Å²) < 4.78 is 7.88. The number of aryl methyl sites for hydroxylation is 1. The molecule has 4 nitrogen and oxygen atoms in total. The lowest BCUT2D eigenvalue weighted by molar-refractivity contribution is 0.103. The van der Waals surface area contributed by atoms with Crippen molar-refractivity contribution in [2.45, 2.75) is 6.10 Å². The summed E-state index contributed by atoms with van der Waals surface area (Å²) in [6.45, 7) is 0.453. The highest BCUT2D eigenvalue weighted by Crippen LogP contribution is 2.23. The lowest BCUT2D eigenvalue weighted by Crippen LogP contribution is -2.17. The van der Waals surface area contributed by atoms with E-state index < -0.39 is 0 Å². The molecule has 1 rings (SSSR count). The lowest BCUT2D eigenvalue weighted by atomic mass is 10.2. The van der Waals surface area contributed by atoms with E-state index in [1.54, 1.807) is 18.0 Å². The average Bonchev–Trinajstić information content (AvgIpc) is 2.38. The second-order valence-corrected chi connectivity index (χ2v) is 3.32. The lowest BCUT2D eigenvalue weighted by Gasteiger charge is -2.13. The minimum atomic E-state index is -0.0909. The van der Waals surface area contributed by atoms with Gasteiger partial charge in [0.15, 0.2) is 0 Å². The van der Waals surface area contributed by atoms with Crippen LogP contribution in [-0.4, -0.2) is 23.4 Å². The predicted octanol–water partition coefficient (Wildman–Crippen LogP) is 0.829. The van der Waals surface area contributed by atoms with Crippen molar-refractivity contribution in [2.24, 2.45) is 12.8 Å². The maximum absolute atomic E-state index is 5.53. The molecule has 0 saturated heterocycles. The Morgan fingerprint density at radius 2 is 2.50 bits per heavy atom. The van der Waals surface area contributed by atoms with Gasteiger partial charge in [0.2, 0.25) is 0 Å². The quantitative estimate of drug-likeness (QED) is 0.842. The monoisotopic (exact) mass is 233 g/mol. The number of hydrogen-bond acceptors (Lipinski definition) is 3. The number of halogens is 1. The molecule has 0 aliphatic heterocycles. The number of methoxy groups -OCH3 is 1. The van der Waals surface area contributed by atoms with Crippen molar-refractivity contribution in [1.29, 1.82) is 0 Å². The standard InChI is InChI=1S/C7H12BrN3O/c1-11-7(5(8)4-10-11)6(3-9)12-2/h4,6H,3,9H2,1-2H3. The number of aromatic nitrogens is 2. The fourth-order valence-corrected chi connectivity index (χ4v) is 1.71. The molecule has 0 amide bonds. The Hall–Kier alpha value is -0.390. The topological polar surface area (TPSA) is 53.1 Å². The third kappa shape index (κ3) is 1.68. The van der Waals surface area contributed by atoms with Gasteiger partial charge in [0.25, 0.3) is 0 Å². The first kappa shape index (κ1) is 9.70. The van der Waals surface area contributed by atoms with Gasteiger partial charge >= 0.3 is 0 Å². The molecule has 68 valence electrons. The van der Waals surface area contributed by atoms with Gasteiger partial charge in [-0.05, 0) is 15.9 Å². The van der Waals surface area contributed by atoms with E-state index in [1.807, 2.05) is 7.05 Å². The summed E-state index contributed by atoms with van der Waals surface area (Å²) >= 11 is 3.38. The van der Waals surface area contributed by atoms with Crippen LogP contribution in [0.2, 0.25) is 0 Å². The van der Waals surface area contributed by atoms with E-state index in [0.29, 0.717) is 6.54 Å². The minimum absolute atomic E-state index is 0.0909. The fraction of sp³-hybridized carbons (Fsp3) is 0.571. The number of nitrogens with two attached hydrogens (primary N) is 1. The zero-order chi connectivity index (χ0) is 9.14. The molecule has 12 heavy (non-hydrogen) atoms. The van der Waals surface area contributed by atoms with Crippen LogP contribution in [0.5, 0.6) is 0 Å². The Balaban J connectivity index is 2.98. The molecule has 1 heterocycles. The Morgan fingerprint density at radius 3 is 2.83 bits per heavy atom. The van der Waals surface area contributed by atoms with Crippen LogP contribution in [0.15, 0.2) is 10.7 Å². The van der Waals surface area contributed by atoms with Crippen LogP contribution in [0.25, 0.3) is 0 Å². The summed E-state index contributed by atoms with van der Waals surface area (Å²) in [5.41, 5.74) is 6.50. The Bertz CT molecular complexity index is 238. The Kier molecular flexibility index (Phi) is 3.25. The van der Waals surface area contributed by atoms with Crippen LogP contribution in [0.4, 0.5) is 0 Å². The van der Waals surface area contributed by atoms with Crippen molar-refractivity contribution in [2.75, 3.05) is 13.7 Å². The van der Waals surface area contributed by atoms with E-state index in [0.717, 1.165) is 10.2 Å². The summed E-state index contributed by atoms with van der Waals surface area (Å²) in [6, 6.07) is 0. The second-order valence-electron chi connectivity index (χ2n) is 2.46. The van der Waals surface area contributed by atoms with Gasteiger partial charge in [-0.15, -0.1) is 0 Å². The van der Waals surface area contributed by atoms with Crippen molar-refractivity contribution in [1.82, 2.24) is 9.78 Å². The second kappa shape index (κ2) is 4.02. The summed E-state index contributed by atoms with van der Waals surface area (Å²) in [7, 11) is 3.50. The largest absolute Gasteiger partial charge is 0.374 e. The van der Waals surface area contributed by atoms with Crippen molar-refractivity contribution in [3.8, 4) is 0 Å². The van der Waals surface area contributed by atoms with E-state index in [9.17, 15) is 0 Å². The summed E-state index contributed by atoms with van der Waals surface area (Å²) in [5.74, 6) is 0. The van der Waals surface area contributed by atoms with Crippen LogP contribution >= 0.6 is 15.9 Å². The Morgan fingerprint density at radius 1 is 1.83 bits per heavy atom. The molecule has 1 atom stereocenters. The van der Waals surface area contributed by atoms with Gasteiger partial charge in [-0.1, -0.05) is 0 Å². The first-order valence-electron chi connectivity index (χ1n) is 3.61. The number of ether oxygens (including phenoxy) is 1. The van der Waals surface area contributed by atoms with Gasteiger partial charge in [-0.25, -0.2) is 0 Å². The van der Waals surface area contributed by atoms with Crippen molar-refractivity contribution < 1.29 is 4.74 Å². The molecule has 0 aliphatic rings. The Labute approximate surface area is 79.8 Å². The highest BCUT2D eigenvalue weighted by molar-refractivity contribution is 9.10. The van der Waals surface area contributed by atoms with Gasteiger partial charge in [-0.2, -0.15) is 5.10 Å². The molecular formula is C7H12BrN3O. The zero-order valence-corrected chi connectivity index (χ0v) is 8.71. The predicted molar refractivity (Wildman–Crippen MR) is 49.7 cm³/mol. The molecule has 1 aromatic rings. The van der Waals surface area contributed by atoms with Gasteiger partial charge in [0.1, 0.15) is 6.10 Å². The van der Waals surface area contributed by atoms with Crippen molar-refractivity contribution in [3.63, 3.8) is 0 Å². The minimum Gasteiger partial charge on any atom is -0.374 e. The van der Waals surface area contributed by atoms with E-state index in [-0.39, 0.29) is 6.10 Å². The maximum atomic E-state index is 5.53. The molecule has 0 bridgehead atoms. The highest BCUT2D eigenvalue weighted by Gasteiger charge is 2.16. The molecule has 0 spiro atoms. The SMILES string of the molecule is COC(CN)c1c(Br)cnn1C. The van der Waals surface area contributed by atoms with Crippen LogP contribution in [0.3, 0.4) is 0 Å². The normalized spacial score (nSPS) is 13.3. The van der Waals surface area contributed by atoms with Gasteiger partial charge in [-0.3, -0.25) is 4.68 Å². The summed E-state index contributed by atoms with van der Waals surface area (Å²) in [4.78, 5) is 0. The summed E-state index contributed by atoms with van der Waals surface area (Å²) in [6.07, 6.45) is 1.64. The van der Waals surface area contributed by atoms with Gasteiger partial charge in [0.05, 0.1) is 16.4 Å². The molecule has 0 saturated carbocycles. The van der Waals surface area contributed by atoms with E-state index >= 15 is 0 Å². The van der Waals surface area contributed by atoms with Crippen molar-refractivity contribution >= 4 is 15.9 Å². The van der Waals surface area contributed by atoms with Crippen LogP contribution in [-0.2, 0) is 11.8 Å². The molecule has 0 radical (unpaired) electrons. The summed E-state index contributed by atoms with van der Waals surface area (Å²) in [5, 5.41) is 4.07. The fourth-order valence-electron chi connectivity index (χ4n) is 1.10. The first-order chi connectivity index (χ1) is 5.70. The molecular weight excluding hydrogens is 222 g/mol. The van der Waals surface area contributed by atoms with Crippen LogP contribution < -0.4 is 5.73 Å². The first-order valence-corrected chi connectivity index (χ1v) is 4.40.